The van der Waals surface area contributed by atoms with Gasteiger partial charge in [0.25, 0.3) is 5.91 Å². The van der Waals surface area contributed by atoms with Crippen molar-refractivity contribution in [3.8, 4) is 5.75 Å². The van der Waals surface area contributed by atoms with Gasteiger partial charge in [-0.1, -0.05) is 11.6 Å². The molecule has 0 bridgehead atoms. The lowest BCUT2D eigenvalue weighted by molar-refractivity contribution is -0.140. The molecule has 0 saturated carbocycles. The molecule has 8 heteroatoms. The number of ether oxygens (including phenoxy) is 1. The molecular formula is C20H24ClNO5S. The molecule has 1 aliphatic rings. The second kappa shape index (κ2) is 8.17. The maximum absolute atomic E-state index is 13.1. The quantitative estimate of drug-likeness (QED) is 0.707. The largest absolute Gasteiger partial charge is 0.481 e. The molecule has 152 valence electrons. The van der Waals surface area contributed by atoms with Gasteiger partial charge in [-0.2, -0.15) is 0 Å². The van der Waals surface area contributed by atoms with Crippen LogP contribution < -0.4 is 4.74 Å². The molecule has 2 atom stereocenters. The van der Waals surface area contributed by atoms with Crippen LogP contribution in [0, 0.1) is 13.8 Å². The summed E-state index contributed by atoms with van der Waals surface area (Å²) < 4.78 is 35.3. The number of carbonyl (C=O) groups is 1. The minimum absolute atomic E-state index is 0.0365. The van der Waals surface area contributed by atoms with Crippen molar-refractivity contribution < 1.29 is 22.4 Å². The van der Waals surface area contributed by atoms with Crippen LogP contribution in [-0.4, -0.2) is 42.9 Å². The minimum atomic E-state index is -3.14. The Bertz CT molecular complexity index is 969. The number of aryl methyl sites for hydroxylation is 2. The zero-order chi connectivity index (χ0) is 20.5. The summed E-state index contributed by atoms with van der Waals surface area (Å²) in [5.41, 5.74) is 0.851. The molecule has 28 heavy (non-hydrogen) atoms. The normalized spacial score (nSPS) is 19.4. The van der Waals surface area contributed by atoms with E-state index in [-0.39, 0.29) is 30.0 Å². The Hall–Kier alpha value is -1.99. The van der Waals surface area contributed by atoms with Gasteiger partial charge in [0.2, 0.25) is 0 Å². The molecule has 0 spiro atoms. The first-order chi connectivity index (χ1) is 13.1. The Morgan fingerprint density at radius 1 is 1.32 bits per heavy atom. The summed E-state index contributed by atoms with van der Waals surface area (Å²) in [5, 5.41) is 0.623. The van der Waals surface area contributed by atoms with Crippen LogP contribution in [0.1, 0.15) is 30.4 Å². The van der Waals surface area contributed by atoms with E-state index in [1.165, 1.54) is 0 Å². The van der Waals surface area contributed by atoms with Gasteiger partial charge in [-0.25, -0.2) is 8.42 Å². The molecule has 0 N–H and O–H groups in total. The molecular weight excluding hydrogens is 402 g/mol. The van der Waals surface area contributed by atoms with Crippen LogP contribution in [0.4, 0.5) is 0 Å². The van der Waals surface area contributed by atoms with E-state index in [1.807, 2.05) is 19.9 Å². The number of nitrogens with zero attached hydrogens (tertiary/aromatic N) is 1. The van der Waals surface area contributed by atoms with Crippen molar-refractivity contribution >= 4 is 27.3 Å². The van der Waals surface area contributed by atoms with E-state index in [0.717, 1.165) is 11.3 Å². The molecule has 0 radical (unpaired) electrons. The molecule has 6 nitrogen and oxygen atoms in total. The lowest BCUT2D eigenvalue weighted by Gasteiger charge is -2.30. The van der Waals surface area contributed by atoms with Crippen molar-refractivity contribution in [2.45, 2.75) is 45.9 Å². The predicted molar refractivity (Wildman–Crippen MR) is 107 cm³/mol. The van der Waals surface area contributed by atoms with Crippen LogP contribution in [0.2, 0.25) is 5.02 Å². The number of amides is 1. The first kappa shape index (κ1) is 20.7. The lowest BCUT2D eigenvalue weighted by atomic mass is 10.2. The Kier molecular flexibility index (Phi) is 6.05. The van der Waals surface area contributed by atoms with Crippen molar-refractivity contribution in [3.63, 3.8) is 0 Å². The Morgan fingerprint density at radius 2 is 2.07 bits per heavy atom. The molecule has 3 rings (SSSR count). The highest BCUT2D eigenvalue weighted by atomic mass is 35.5. The monoisotopic (exact) mass is 425 g/mol. The van der Waals surface area contributed by atoms with Crippen molar-refractivity contribution in [2.24, 2.45) is 0 Å². The zero-order valence-corrected chi connectivity index (χ0v) is 17.7. The summed E-state index contributed by atoms with van der Waals surface area (Å²) >= 11 is 6.04. The Balaban J connectivity index is 1.79. The summed E-state index contributed by atoms with van der Waals surface area (Å²) in [5.74, 6) is 1.67. The number of furan rings is 1. The van der Waals surface area contributed by atoms with Crippen molar-refractivity contribution in [2.75, 3.05) is 11.5 Å². The van der Waals surface area contributed by atoms with Gasteiger partial charge in [0.1, 0.15) is 17.3 Å². The van der Waals surface area contributed by atoms with E-state index in [4.69, 9.17) is 20.8 Å². The summed E-state index contributed by atoms with van der Waals surface area (Å²) in [6, 6.07) is 8.43. The predicted octanol–water partition coefficient (Wildman–Crippen LogP) is 3.53. The third-order valence-electron chi connectivity index (χ3n) is 4.84. The van der Waals surface area contributed by atoms with Gasteiger partial charge in [0.05, 0.1) is 18.1 Å². The van der Waals surface area contributed by atoms with Gasteiger partial charge in [-0.3, -0.25) is 4.79 Å². The van der Waals surface area contributed by atoms with Crippen LogP contribution in [0.5, 0.6) is 5.75 Å². The van der Waals surface area contributed by atoms with Crippen molar-refractivity contribution in [1.29, 1.82) is 0 Å². The molecule has 1 saturated heterocycles. The van der Waals surface area contributed by atoms with E-state index in [9.17, 15) is 13.2 Å². The van der Waals surface area contributed by atoms with Gasteiger partial charge in [-0.15, -0.1) is 0 Å². The highest BCUT2D eigenvalue weighted by molar-refractivity contribution is 7.91. The van der Waals surface area contributed by atoms with Crippen LogP contribution in [0.3, 0.4) is 0 Å². The van der Waals surface area contributed by atoms with E-state index in [1.54, 1.807) is 36.1 Å². The number of benzene rings is 1. The third-order valence-corrected chi connectivity index (χ3v) is 7.02. The van der Waals surface area contributed by atoms with Gasteiger partial charge < -0.3 is 14.1 Å². The second-order valence-corrected chi connectivity index (χ2v) is 9.84. The average molecular weight is 426 g/mol. The van der Waals surface area contributed by atoms with Crippen LogP contribution in [-0.2, 0) is 21.2 Å². The molecule has 2 aromatic rings. The highest BCUT2D eigenvalue weighted by Crippen LogP contribution is 2.25. The second-order valence-electron chi connectivity index (χ2n) is 7.21. The number of rotatable bonds is 6. The molecule has 0 aliphatic carbocycles. The molecule has 1 fully saturated rings. The summed E-state index contributed by atoms with van der Waals surface area (Å²) in [6.07, 6.45) is -0.361. The fraction of sp³-hybridized carbons (Fsp3) is 0.450. The number of carbonyl (C=O) groups excluding carboxylic acids is 1. The van der Waals surface area contributed by atoms with Crippen LogP contribution >= 0.6 is 11.6 Å². The molecule has 1 aromatic heterocycles. The number of sulfone groups is 1. The number of hydrogen-bond acceptors (Lipinski definition) is 5. The van der Waals surface area contributed by atoms with E-state index in [2.05, 4.69) is 0 Å². The van der Waals surface area contributed by atoms with E-state index in [0.29, 0.717) is 23.0 Å². The van der Waals surface area contributed by atoms with Crippen LogP contribution in [0.25, 0.3) is 0 Å². The zero-order valence-electron chi connectivity index (χ0n) is 16.1. The Morgan fingerprint density at radius 3 is 2.64 bits per heavy atom. The van der Waals surface area contributed by atoms with Gasteiger partial charge in [0, 0.05) is 11.1 Å². The number of hydrogen-bond donors (Lipinski definition) is 0. The average Bonchev–Trinajstić information content (AvgIpc) is 3.20. The standard InChI is InChI=1S/C20H24ClNO5S/c1-13-10-17(6-7-19(13)21)27-15(3)20(23)22(11-18-5-4-14(2)26-18)16-8-9-28(24,25)12-16/h4-7,10,15-16H,8-9,11-12H2,1-3H3/t15-,16-/m1/s1. The number of halogens is 1. The summed E-state index contributed by atoms with van der Waals surface area (Å²) in [4.78, 5) is 14.7. The van der Waals surface area contributed by atoms with Gasteiger partial charge >= 0.3 is 0 Å². The summed E-state index contributed by atoms with van der Waals surface area (Å²) in [6.45, 7) is 5.55. The van der Waals surface area contributed by atoms with E-state index >= 15 is 0 Å². The smallest absolute Gasteiger partial charge is 0.264 e. The first-order valence-corrected chi connectivity index (χ1v) is 11.3. The maximum Gasteiger partial charge on any atom is 0.264 e. The topological polar surface area (TPSA) is 76.8 Å². The third kappa shape index (κ3) is 4.89. The Labute approximate surface area is 170 Å². The maximum atomic E-state index is 13.1. The molecule has 0 unspecified atom stereocenters. The van der Waals surface area contributed by atoms with Gasteiger partial charge in [0.15, 0.2) is 15.9 Å². The lowest BCUT2D eigenvalue weighted by Crippen LogP contribution is -2.46. The fourth-order valence-corrected chi connectivity index (χ4v) is 5.17. The first-order valence-electron chi connectivity index (χ1n) is 9.13. The highest BCUT2D eigenvalue weighted by Gasteiger charge is 2.37. The summed E-state index contributed by atoms with van der Waals surface area (Å²) in [7, 11) is -3.14. The molecule has 1 aromatic carbocycles. The molecule has 1 amide bonds. The minimum Gasteiger partial charge on any atom is -0.481 e. The molecule has 2 heterocycles. The van der Waals surface area contributed by atoms with Gasteiger partial charge in [-0.05, 0) is 63.1 Å². The van der Waals surface area contributed by atoms with Crippen molar-refractivity contribution in [3.05, 3.63) is 52.4 Å². The fourth-order valence-electron chi connectivity index (χ4n) is 3.32. The van der Waals surface area contributed by atoms with Crippen LogP contribution in [0.15, 0.2) is 34.7 Å². The SMILES string of the molecule is Cc1ccc(CN(C(=O)[C@@H](C)Oc2ccc(Cl)c(C)c2)[C@@H]2CCS(=O)(=O)C2)o1. The van der Waals surface area contributed by atoms with E-state index < -0.39 is 15.9 Å². The van der Waals surface area contributed by atoms with Crippen molar-refractivity contribution in [1.82, 2.24) is 4.90 Å². The molecule has 1 aliphatic heterocycles.